The molecule has 0 aliphatic carbocycles. The van der Waals surface area contributed by atoms with Gasteiger partial charge < -0.3 is 9.84 Å². The molecule has 4 rings (SSSR count). The van der Waals surface area contributed by atoms with Gasteiger partial charge in [-0.15, -0.1) is 22.7 Å². The molecule has 4 aromatic rings. The van der Waals surface area contributed by atoms with Crippen LogP contribution in [0.25, 0.3) is 21.1 Å². The maximum atomic E-state index is 11.4. The Bertz CT molecular complexity index is 1110. The molecule has 0 saturated heterocycles. The molecule has 0 unspecified atom stereocenters. The molecule has 0 spiro atoms. The molecular formula is C20H16N4O4S2. The normalized spacial score (nSPS) is 10.0. The molecule has 4 aromatic heterocycles. The van der Waals surface area contributed by atoms with E-state index in [-0.39, 0.29) is 10.8 Å². The summed E-state index contributed by atoms with van der Waals surface area (Å²) in [5, 5.41) is 10.2. The maximum Gasteiger partial charge on any atom is 0.349 e. The maximum absolute atomic E-state index is 11.4. The molecule has 0 aromatic carbocycles. The van der Waals surface area contributed by atoms with Crippen molar-refractivity contribution in [3.8, 4) is 21.1 Å². The summed E-state index contributed by atoms with van der Waals surface area (Å²) in [6.07, 6.45) is 9.62. The number of hydrogen-bond donors (Lipinski definition) is 1. The first-order valence-electron chi connectivity index (χ1n) is 8.71. The van der Waals surface area contributed by atoms with Crippen LogP contribution in [0.1, 0.15) is 26.3 Å². The number of esters is 1. The predicted octanol–water partition coefficient (Wildman–Crippen LogP) is 4.29. The fourth-order valence-electron chi connectivity index (χ4n) is 2.19. The molecule has 0 amide bonds. The zero-order valence-corrected chi connectivity index (χ0v) is 17.4. The molecule has 8 nitrogen and oxygen atoms in total. The van der Waals surface area contributed by atoms with Crippen LogP contribution in [0.4, 0.5) is 0 Å². The summed E-state index contributed by atoms with van der Waals surface area (Å²) >= 11 is 2.45. The second-order valence-electron chi connectivity index (χ2n) is 5.57. The van der Waals surface area contributed by atoms with Gasteiger partial charge >= 0.3 is 11.9 Å². The lowest BCUT2D eigenvalue weighted by molar-refractivity contribution is 0.0531. The standard InChI is InChI=1S/C11H10N2O2S.C9H6N2O2S/c1-2-15-11(14)9-7-13-10(16-9)8-4-3-5-12-6-8;12-9(13)7-5-11-8(14-7)6-2-1-3-10-4-6/h3-7H,2H2,1H3;1-5H,(H,12,13). The minimum atomic E-state index is -0.947. The number of pyridine rings is 2. The zero-order chi connectivity index (χ0) is 21.3. The Morgan fingerprint density at radius 3 is 1.87 bits per heavy atom. The van der Waals surface area contributed by atoms with Gasteiger partial charge in [0.15, 0.2) is 0 Å². The summed E-state index contributed by atoms with van der Waals surface area (Å²) in [4.78, 5) is 38.9. The van der Waals surface area contributed by atoms with Crippen molar-refractivity contribution < 1.29 is 19.4 Å². The van der Waals surface area contributed by atoms with E-state index >= 15 is 0 Å². The van der Waals surface area contributed by atoms with Crippen LogP contribution in [0.3, 0.4) is 0 Å². The van der Waals surface area contributed by atoms with Crippen molar-refractivity contribution >= 4 is 34.6 Å². The highest BCUT2D eigenvalue weighted by Gasteiger charge is 2.12. The fraction of sp³-hybridized carbons (Fsp3) is 0.100. The Morgan fingerprint density at radius 2 is 1.43 bits per heavy atom. The average Bonchev–Trinajstić information content (AvgIpc) is 3.46. The summed E-state index contributed by atoms with van der Waals surface area (Å²) in [7, 11) is 0. The van der Waals surface area contributed by atoms with E-state index < -0.39 is 5.97 Å². The van der Waals surface area contributed by atoms with Crippen molar-refractivity contribution in [1.82, 2.24) is 19.9 Å². The first kappa shape index (κ1) is 21.2. The number of carboxylic acid groups (broad SMARTS) is 1. The van der Waals surface area contributed by atoms with Gasteiger partial charge in [-0.05, 0) is 31.2 Å². The van der Waals surface area contributed by atoms with Crippen molar-refractivity contribution in [2.24, 2.45) is 0 Å². The van der Waals surface area contributed by atoms with Crippen LogP contribution < -0.4 is 0 Å². The molecule has 0 bridgehead atoms. The topological polar surface area (TPSA) is 115 Å². The third-order valence-corrected chi connectivity index (χ3v) is 5.58. The van der Waals surface area contributed by atoms with E-state index in [0.717, 1.165) is 27.5 Å². The largest absolute Gasteiger partial charge is 0.477 e. The van der Waals surface area contributed by atoms with Crippen LogP contribution in [0.15, 0.2) is 61.4 Å². The molecule has 0 radical (unpaired) electrons. The molecule has 0 fully saturated rings. The SMILES string of the molecule is CCOC(=O)c1cnc(-c2cccnc2)s1.O=C(O)c1cnc(-c2cccnc2)s1. The van der Waals surface area contributed by atoms with Gasteiger partial charge in [0.2, 0.25) is 0 Å². The number of carbonyl (C=O) groups excluding carboxylic acids is 1. The Kier molecular flexibility index (Phi) is 7.30. The third kappa shape index (κ3) is 5.52. The van der Waals surface area contributed by atoms with E-state index in [0.29, 0.717) is 16.5 Å². The number of ether oxygens (including phenoxy) is 1. The highest BCUT2D eigenvalue weighted by atomic mass is 32.1. The molecule has 0 aliphatic rings. The highest BCUT2D eigenvalue weighted by molar-refractivity contribution is 7.17. The molecule has 0 aliphatic heterocycles. The summed E-state index contributed by atoms with van der Waals surface area (Å²) < 4.78 is 4.89. The number of aromatic nitrogens is 4. The number of aromatic carboxylic acids is 1. The summed E-state index contributed by atoms with van der Waals surface area (Å²) in [5.74, 6) is -1.27. The van der Waals surface area contributed by atoms with Gasteiger partial charge in [-0.2, -0.15) is 0 Å². The summed E-state index contributed by atoms with van der Waals surface area (Å²) in [6.45, 7) is 2.15. The van der Waals surface area contributed by atoms with Gasteiger partial charge in [-0.25, -0.2) is 19.6 Å². The summed E-state index contributed by atoms with van der Waals surface area (Å²) in [6, 6.07) is 7.37. The molecule has 1 N–H and O–H groups in total. The van der Waals surface area contributed by atoms with Gasteiger partial charge in [0.25, 0.3) is 0 Å². The number of carbonyl (C=O) groups is 2. The highest BCUT2D eigenvalue weighted by Crippen LogP contribution is 2.25. The lowest BCUT2D eigenvalue weighted by Crippen LogP contribution is -2.01. The Morgan fingerprint density at radius 1 is 0.900 bits per heavy atom. The monoisotopic (exact) mass is 440 g/mol. The van der Waals surface area contributed by atoms with Gasteiger partial charge in [-0.3, -0.25) is 9.97 Å². The molecule has 0 saturated carbocycles. The van der Waals surface area contributed by atoms with E-state index in [1.165, 1.54) is 23.7 Å². The van der Waals surface area contributed by atoms with Gasteiger partial charge in [0.05, 0.1) is 19.0 Å². The van der Waals surface area contributed by atoms with Crippen LogP contribution in [-0.4, -0.2) is 43.6 Å². The average molecular weight is 441 g/mol. The second-order valence-corrected chi connectivity index (χ2v) is 7.63. The number of rotatable bonds is 5. The molecule has 0 atom stereocenters. The smallest absolute Gasteiger partial charge is 0.349 e. The second kappa shape index (κ2) is 10.3. The quantitative estimate of drug-likeness (QED) is 0.457. The van der Waals surface area contributed by atoms with Crippen molar-refractivity contribution in [1.29, 1.82) is 0 Å². The van der Waals surface area contributed by atoms with Crippen molar-refractivity contribution in [3.05, 3.63) is 71.2 Å². The number of carboxylic acids is 1. The molecule has 4 heterocycles. The van der Waals surface area contributed by atoms with Crippen LogP contribution in [0.2, 0.25) is 0 Å². The zero-order valence-electron chi connectivity index (χ0n) is 15.8. The third-order valence-electron chi connectivity index (χ3n) is 3.52. The van der Waals surface area contributed by atoms with Crippen LogP contribution in [0, 0.1) is 0 Å². The van der Waals surface area contributed by atoms with E-state index in [9.17, 15) is 9.59 Å². The van der Waals surface area contributed by atoms with E-state index in [4.69, 9.17) is 9.84 Å². The van der Waals surface area contributed by atoms with E-state index in [1.807, 2.05) is 18.2 Å². The van der Waals surface area contributed by atoms with Crippen LogP contribution >= 0.6 is 22.7 Å². The van der Waals surface area contributed by atoms with Gasteiger partial charge in [0.1, 0.15) is 19.8 Å². The molecule has 30 heavy (non-hydrogen) atoms. The van der Waals surface area contributed by atoms with Crippen molar-refractivity contribution in [2.45, 2.75) is 6.92 Å². The Labute approximate surface area is 179 Å². The number of thiazole rings is 2. The minimum Gasteiger partial charge on any atom is -0.477 e. The van der Waals surface area contributed by atoms with Crippen LogP contribution in [-0.2, 0) is 4.74 Å². The Hall–Kier alpha value is -3.50. The molecule has 10 heteroatoms. The summed E-state index contributed by atoms with van der Waals surface area (Å²) in [5.41, 5.74) is 1.74. The van der Waals surface area contributed by atoms with Crippen LogP contribution in [0.5, 0.6) is 0 Å². The number of hydrogen-bond acceptors (Lipinski definition) is 9. The number of nitrogens with zero attached hydrogens (tertiary/aromatic N) is 4. The molecular weight excluding hydrogens is 424 g/mol. The fourth-order valence-corrected chi connectivity index (χ4v) is 3.73. The first-order chi connectivity index (χ1) is 14.6. The lowest BCUT2D eigenvalue weighted by Gasteiger charge is -1.96. The van der Waals surface area contributed by atoms with E-state index in [2.05, 4.69) is 19.9 Å². The minimum absolute atomic E-state index is 0.240. The van der Waals surface area contributed by atoms with Crippen molar-refractivity contribution in [2.75, 3.05) is 6.61 Å². The van der Waals surface area contributed by atoms with Gasteiger partial charge in [-0.1, -0.05) is 0 Å². The molecule has 152 valence electrons. The van der Waals surface area contributed by atoms with Gasteiger partial charge in [0, 0.05) is 35.9 Å². The Balaban J connectivity index is 0.000000172. The first-order valence-corrected chi connectivity index (χ1v) is 10.3. The predicted molar refractivity (Wildman–Crippen MR) is 114 cm³/mol. The lowest BCUT2D eigenvalue weighted by atomic mass is 10.3. The van der Waals surface area contributed by atoms with E-state index in [1.54, 1.807) is 37.8 Å². The van der Waals surface area contributed by atoms with Crippen molar-refractivity contribution in [3.63, 3.8) is 0 Å².